The molecule has 4 rings (SSSR count). The van der Waals surface area contributed by atoms with Crippen LogP contribution in [0.1, 0.15) is 51.3 Å². The molecule has 0 spiro atoms. The fourth-order valence-corrected chi connectivity index (χ4v) is 5.08. The first-order valence-corrected chi connectivity index (χ1v) is 12.8. The summed E-state index contributed by atoms with van der Waals surface area (Å²) >= 11 is 0. The predicted octanol–water partition coefficient (Wildman–Crippen LogP) is 1.98. The number of ether oxygens (including phenoxy) is 2. The van der Waals surface area contributed by atoms with Gasteiger partial charge in [-0.05, 0) is 60.2 Å². The Balaban J connectivity index is 1.56. The molecule has 4 heterocycles. The average molecular weight is 486 g/mol. The number of carbonyl (C=O) groups is 1. The van der Waals surface area contributed by atoms with E-state index in [4.69, 9.17) is 19.4 Å². The van der Waals surface area contributed by atoms with Gasteiger partial charge in [-0.1, -0.05) is 0 Å². The molecular formula is C25H39N7O3. The van der Waals surface area contributed by atoms with Crippen LogP contribution in [0.2, 0.25) is 0 Å². The van der Waals surface area contributed by atoms with Crippen LogP contribution in [0.5, 0.6) is 6.01 Å². The van der Waals surface area contributed by atoms with E-state index in [9.17, 15) is 10.1 Å². The monoisotopic (exact) mass is 485 g/mol. The van der Waals surface area contributed by atoms with Crippen LogP contribution in [0.15, 0.2) is 0 Å². The molecule has 2 fully saturated rings. The fourth-order valence-electron chi connectivity index (χ4n) is 5.08. The Morgan fingerprint density at radius 3 is 2.69 bits per heavy atom. The molecule has 1 unspecified atom stereocenters. The van der Waals surface area contributed by atoms with Gasteiger partial charge in [0.2, 0.25) is 0 Å². The molecule has 192 valence electrons. The molecule has 1 aromatic rings. The summed E-state index contributed by atoms with van der Waals surface area (Å²) in [7, 11) is 2.13. The van der Waals surface area contributed by atoms with Crippen molar-refractivity contribution in [3.05, 3.63) is 11.3 Å². The lowest BCUT2D eigenvalue weighted by Gasteiger charge is -2.42. The first-order valence-electron chi connectivity index (χ1n) is 12.8. The molecule has 10 heteroatoms. The number of piperazine rings is 1. The van der Waals surface area contributed by atoms with Crippen LogP contribution in [0, 0.1) is 11.3 Å². The minimum Gasteiger partial charge on any atom is -0.462 e. The van der Waals surface area contributed by atoms with Gasteiger partial charge in [0.05, 0.1) is 24.2 Å². The summed E-state index contributed by atoms with van der Waals surface area (Å²) in [5, 5.41) is 12.9. The molecule has 0 radical (unpaired) electrons. The zero-order chi connectivity index (χ0) is 25.0. The molecule has 3 aliphatic rings. The van der Waals surface area contributed by atoms with Gasteiger partial charge in [0.25, 0.3) is 0 Å². The highest BCUT2D eigenvalue weighted by molar-refractivity contribution is 5.69. The summed E-state index contributed by atoms with van der Waals surface area (Å²) in [5.41, 5.74) is 1.59. The van der Waals surface area contributed by atoms with Crippen LogP contribution in [-0.2, 0) is 17.6 Å². The number of rotatable bonds is 5. The number of aromatic nitrogens is 2. The molecule has 0 aromatic carbocycles. The van der Waals surface area contributed by atoms with E-state index < -0.39 is 5.60 Å². The van der Waals surface area contributed by atoms with Gasteiger partial charge in [-0.25, -0.2) is 4.79 Å². The molecule has 0 bridgehead atoms. The van der Waals surface area contributed by atoms with Crippen molar-refractivity contribution >= 4 is 11.9 Å². The van der Waals surface area contributed by atoms with E-state index in [-0.39, 0.29) is 18.6 Å². The number of hydrogen-bond acceptors (Lipinski definition) is 9. The van der Waals surface area contributed by atoms with Gasteiger partial charge >= 0.3 is 12.1 Å². The number of hydrogen-bond donors (Lipinski definition) is 1. The average Bonchev–Trinajstić information content (AvgIpc) is 3.06. The van der Waals surface area contributed by atoms with Gasteiger partial charge in [0.15, 0.2) is 0 Å². The molecule has 35 heavy (non-hydrogen) atoms. The number of likely N-dealkylation sites (tertiary alicyclic amines) is 1. The van der Waals surface area contributed by atoms with Crippen molar-refractivity contribution in [2.75, 3.05) is 57.8 Å². The lowest BCUT2D eigenvalue weighted by atomic mass is 10.1. The first kappa shape index (κ1) is 25.5. The smallest absolute Gasteiger partial charge is 0.410 e. The van der Waals surface area contributed by atoms with Gasteiger partial charge in [0.1, 0.15) is 18.0 Å². The largest absolute Gasteiger partial charge is 0.462 e. The van der Waals surface area contributed by atoms with Crippen molar-refractivity contribution in [2.24, 2.45) is 0 Å². The summed E-state index contributed by atoms with van der Waals surface area (Å²) in [4.78, 5) is 28.7. The third-order valence-electron chi connectivity index (χ3n) is 6.95. The van der Waals surface area contributed by atoms with Gasteiger partial charge in [-0.2, -0.15) is 15.2 Å². The third-order valence-corrected chi connectivity index (χ3v) is 6.95. The SMILES string of the molecule is CN1CCC[C@H]1COc1nc2c(c(N3CCN(C(=O)OC(C)(C)C)C(CC#N)C3)n1)CCNCC2. The van der Waals surface area contributed by atoms with Crippen LogP contribution < -0.4 is 15.0 Å². The van der Waals surface area contributed by atoms with Gasteiger partial charge < -0.3 is 29.5 Å². The van der Waals surface area contributed by atoms with Gasteiger partial charge in [0, 0.05) is 44.2 Å². The third kappa shape index (κ3) is 6.33. The summed E-state index contributed by atoms with van der Waals surface area (Å²) in [6, 6.07) is 2.79. The fraction of sp³-hybridized carbons (Fsp3) is 0.760. The van der Waals surface area contributed by atoms with Gasteiger partial charge in [-0.3, -0.25) is 0 Å². The van der Waals surface area contributed by atoms with Crippen molar-refractivity contribution in [1.82, 2.24) is 25.1 Å². The molecule has 1 aromatic heterocycles. The maximum Gasteiger partial charge on any atom is 0.410 e. The van der Waals surface area contributed by atoms with Crippen molar-refractivity contribution < 1.29 is 14.3 Å². The quantitative estimate of drug-likeness (QED) is 0.670. The number of carbonyl (C=O) groups excluding carboxylic acids is 1. The topological polar surface area (TPSA) is 107 Å². The van der Waals surface area contributed by atoms with E-state index in [1.54, 1.807) is 4.90 Å². The van der Waals surface area contributed by atoms with E-state index in [0.29, 0.717) is 38.3 Å². The Morgan fingerprint density at radius 2 is 1.97 bits per heavy atom. The molecule has 0 saturated carbocycles. The lowest BCUT2D eigenvalue weighted by molar-refractivity contribution is 0.0144. The number of nitrogens with one attached hydrogen (secondary N) is 1. The van der Waals surface area contributed by atoms with Crippen molar-refractivity contribution in [3.63, 3.8) is 0 Å². The molecule has 1 N–H and O–H groups in total. The second kappa shape index (κ2) is 11.0. The minimum atomic E-state index is -0.581. The van der Waals surface area contributed by atoms with Crippen LogP contribution in [0.4, 0.5) is 10.6 Å². The second-order valence-corrected chi connectivity index (χ2v) is 10.7. The summed E-state index contributed by atoms with van der Waals surface area (Å²) < 4.78 is 11.8. The molecule has 2 atom stereocenters. The molecular weight excluding hydrogens is 446 g/mol. The van der Waals surface area contributed by atoms with Gasteiger partial charge in [-0.15, -0.1) is 0 Å². The highest BCUT2D eigenvalue weighted by Crippen LogP contribution is 2.29. The highest BCUT2D eigenvalue weighted by atomic mass is 16.6. The van der Waals surface area contributed by atoms with E-state index >= 15 is 0 Å². The molecule has 10 nitrogen and oxygen atoms in total. The predicted molar refractivity (Wildman–Crippen MR) is 133 cm³/mol. The highest BCUT2D eigenvalue weighted by Gasteiger charge is 2.35. The Kier molecular flexibility index (Phi) is 7.97. The summed E-state index contributed by atoms with van der Waals surface area (Å²) in [6.45, 7) is 10.6. The zero-order valence-corrected chi connectivity index (χ0v) is 21.5. The number of nitrogens with zero attached hydrogens (tertiary/aromatic N) is 6. The number of likely N-dealkylation sites (N-methyl/N-ethyl adjacent to an activating group) is 1. The van der Waals surface area contributed by atoms with E-state index in [0.717, 1.165) is 56.0 Å². The molecule has 1 amide bonds. The van der Waals surface area contributed by atoms with E-state index in [1.807, 2.05) is 20.8 Å². The van der Waals surface area contributed by atoms with Crippen molar-refractivity contribution in [2.45, 2.75) is 70.6 Å². The Morgan fingerprint density at radius 1 is 1.17 bits per heavy atom. The standard InChI is InChI=1S/C25H39N7O3/c1-25(2,3)35-24(33)32-15-14-31(16-18(32)7-10-26)22-20-8-11-27-12-9-21(20)28-23(29-22)34-17-19-6-5-13-30(19)4/h18-19,27H,5-9,11-17H2,1-4H3/t18?,19-/m0/s1. The summed E-state index contributed by atoms with van der Waals surface area (Å²) in [5.74, 6) is 0.875. The summed E-state index contributed by atoms with van der Waals surface area (Å²) in [6.07, 6.45) is 3.85. The Labute approximate surface area is 208 Å². The maximum atomic E-state index is 12.8. The Hall–Kier alpha value is -2.64. The first-order chi connectivity index (χ1) is 16.7. The van der Waals surface area contributed by atoms with Crippen LogP contribution in [-0.4, -0.2) is 96.5 Å². The maximum absolute atomic E-state index is 12.8. The van der Waals surface area contributed by atoms with Crippen molar-refractivity contribution in [1.29, 1.82) is 5.26 Å². The van der Waals surface area contributed by atoms with E-state index in [2.05, 4.69) is 28.2 Å². The number of amides is 1. The lowest BCUT2D eigenvalue weighted by Crippen LogP contribution is -2.56. The van der Waals surface area contributed by atoms with Crippen LogP contribution >= 0.6 is 0 Å². The molecule has 0 aliphatic carbocycles. The zero-order valence-electron chi connectivity index (χ0n) is 21.5. The Bertz CT molecular complexity index is 942. The normalized spacial score (nSPS) is 23.4. The minimum absolute atomic E-state index is 0.238. The number of anilines is 1. The van der Waals surface area contributed by atoms with Crippen LogP contribution in [0.25, 0.3) is 0 Å². The molecule has 2 saturated heterocycles. The second-order valence-electron chi connectivity index (χ2n) is 10.7. The van der Waals surface area contributed by atoms with Crippen LogP contribution in [0.3, 0.4) is 0 Å². The number of fused-ring (bicyclic) bond motifs is 1. The molecule has 3 aliphatic heterocycles. The number of nitriles is 1. The van der Waals surface area contributed by atoms with Crippen molar-refractivity contribution in [3.8, 4) is 12.1 Å². The van der Waals surface area contributed by atoms with E-state index in [1.165, 1.54) is 6.42 Å².